The Morgan fingerprint density at radius 2 is 2.16 bits per heavy atom. The number of aliphatic hydroxyl groups excluding tert-OH is 1. The summed E-state index contributed by atoms with van der Waals surface area (Å²) in [7, 11) is 0. The number of ether oxygens (including phenoxy) is 1. The van der Waals surface area contributed by atoms with E-state index in [9.17, 15) is 9.59 Å². The number of aliphatic carboxylic acids is 1. The smallest absolute Gasteiger partial charge is 0.334 e. The van der Waals surface area contributed by atoms with Gasteiger partial charge >= 0.3 is 5.97 Å². The van der Waals surface area contributed by atoms with E-state index < -0.39 is 18.0 Å². The summed E-state index contributed by atoms with van der Waals surface area (Å²) in [6, 6.07) is 6.56. The molecule has 6 nitrogen and oxygen atoms in total. The Labute approximate surface area is 111 Å². The second kappa shape index (κ2) is 7.38. The number of carbonyl (C=O) groups excluding carboxylic acids is 1. The first-order valence-corrected chi connectivity index (χ1v) is 5.96. The van der Waals surface area contributed by atoms with Gasteiger partial charge in [-0.2, -0.15) is 0 Å². The summed E-state index contributed by atoms with van der Waals surface area (Å²) in [5.41, 5.74) is 0.353. The number of hydrogen-bond acceptors (Lipinski definition) is 4. The van der Waals surface area contributed by atoms with E-state index in [2.05, 4.69) is 5.32 Å². The highest BCUT2D eigenvalue weighted by Crippen LogP contribution is 2.13. The van der Waals surface area contributed by atoms with E-state index in [1.807, 2.05) is 6.92 Å². The molecule has 1 atom stereocenters. The first-order chi connectivity index (χ1) is 9.04. The minimum absolute atomic E-state index is 0.339. The fourth-order valence-electron chi connectivity index (χ4n) is 1.33. The summed E-state index contributed by atoms with van der Waals surface area (Å²) in [5, 5.41) is 19.9. The van der Waals surface area contributed by atoms with Gasteiger partial charge in [-0.1, -0.05) is 13.0 Å². The monoisotopic (exact) mass is 267 g/mol. The highest BCUT2D eigenvalue weighted by molar-refractivity contribution is 5.94. The predicted octanol–water partition coefficient (Wildman–Crippen LogP) is 0.651. The first-order valence-electron chi connectivity index (χ1n) is 5.96. The largest absolute Gasteiger partial charge is 0.494 e. The molecular formula is C13H17NO5. The molecular weight excluding hydrogens is 250 g/mol. The van der Waals surface area contributed by atoms with Crippen molar-refractivity contribution in [2.75, 3.05) is 13.2 Å². The summed E-state index contributed by atoms with van der Waals surface area (Å²) in [4.78, 5) is 22.1. The fourth-order valence-corrected chi connectivity index (χ4v) is 1.33. The first kappa shape index (κ1) is 15.0. The van der Waals surface area contributed by atoms with E-state index in [1.54, 1.807) is 24.3 Å². The Bertz CT molecular complexity index is 446. The van der Waals surface area contributed by atoms with Crippen molar-refractivity contribution in [3.63, 3.8) is 0 Å². The maximum atomic E-state index is 11.7. The van der Waals surface area contributed by atoms with Gasteiger partial charge < -0.3 is 20.3 Å². The number of hydrogen-bond donors (Lipinski definition) is 3. The SMILES string of the molecule is CCCOc1cccc(C(=O)NCC(O)C(=O)O)c1. The molecule has 0 heterocycles. The summed E-state index contributed by atoms with van der Waals surface area (Å²) in [6.45, 7) is 2.20. The number of rotatable bonds is 7. The van der Waals surface area contributed by atoms with Crippen LogP contribution in [0.5, 0.6) is 5.75 Å². The molecule has 1 rings (SSSR count). The van der Waals surface area contributed by atoms with Crippen LogP contribution in [0, 0.1) is 0 Å². The molecule has 3 N–H and O–H groups in total. The molecule has 0 spiro atoms. The van der Waals surface area contributed by atoms with Crippen molar-refractivity contribution in [1.82, 2.24) is 5.32 Å². The lowest BCUT2D eigenvalue weighted by Crippen LogP contribution is -2.36. The number of carbonyl (C=O) groups is 2. The second-order valence-electron chi connectivity index (χ2n) is 3.94. The number of aliphatic hydroxyl groups is 1. The molecule has 0 saturated carbocycles. The van der Waals surface area contributed by atoms with Gasteiger partial charge in [0.2, 0.25) is 0 Å². The van der Waals surface area contributed by atoms with E-state index in [0.717, 1.165) is 6.42 Å². The molecule has 0 aliphatic heterocycles. The number of nitrogens with one attached hydrogen (secondary N) is 1. The lowest BCUT2D eigenvalue weighted by atomic mass is 10.2. The molecule has 0 saturated heterocycles. The highest BCUT2D eigenvalue weighted by atomic mass is 16.5. The van der Waals surface area contributed by atoms with Gasteiger partial charge in [0.1, 0.15) is 5.75 Å². The Hall–Kier alpha value is -2.08. The van der Waals surface area contributed by atoms with E-state index in [4.69, 9.17) is 14.9 Å². The zero-order valence-corrected chi connectivity index (χ0v) is 10.6. The third-order valence-electron chi connectivity index (χ3n) is 2.31. The van der Waals surface area contributed by atoms with Crippen LogP contribution in [-0.2, 0) is 4.79 Å². The fraction of sp³-hybridized carbons (Fsp3) is 0.385. The molecule has 0 aliphatic rings. The molecule has 0 radical (unpaired) electrons. The van der Waals surface area contributed by atoms with Crippen molar-refractivity contribution in [3.8, 4) is 5.75 Å². The topological polar surface area (TPSA) is 95.9 Å². The van der Waals surface area contributed by atoms with E-state index >= 15 is 0 Å². The Morgan fingerprint density at radius 3 is 2.79 bits per heavy atom. The highest BCUT2D eigenvalue weighted by Gasteiger charge is 2.15. The van der Waals surface area contributed by atoms with Crippen molar-refractivity contribution < 1.29 is 24.5 Å². The molecule has 1 aromatic rings. The number of carboxylic acid groups (broad SMARTS) is 1. The van der Waals surface area contributed by atoms with Crippen LogP contribution in [0.1, 0.15) is 23.7 Å². The molecule has 6 heteroatoms. The molecule has 0 fully saturated rings. The van der Waals surface area contributed by atoms with Gasteiger partial charge in [0.25, 0.3) is 5.91 Å². The maximum Gasteiger partial charge on any atom is 0.334 e. The quantitative estimate of drug-likeness (QED) is 0.674. The average Bonchev–Trinajstić information content (AvgIpc) is 2.42. The molecule has 0 aliphatic carbocycles. The van der Waals surface area contributed by atoms with Crippen LogP contribution in [0.3, 0.4) is 0 Å². The van der Waals surface area contributed by atoms with E-state index in [0.29, 0.717) is 17.9 Å². The maximum absolute atomic E-state index is 11.7. The standard InChI is InChI=1S/C13H17NO5/c1-2-6-19-10-5-3-4-9(7-10)12(16)14-8-11(15)13(17)18/h3-5,7,11,15H,2,6,8H2,1H3,(H,14,16)(H,17,18). The normalized spacial score (nSPS) is 11.7. The molecule has 0 bridgehead atoms. The van der Waals surface area contributed by atoms with Crippen molar-refractivity contribution in [1.29, 1.82) is 0 Å². The zero-order chi connectivity index (χ0) is 14.3. The molecule has 1 amide bonds. The van der Waals surface area contributed by atoms with Gasteiger partial charge in [-0.3, -0.25) is 4.79 Å². The van der Waals surface area contributed by atoms with Crippen LogP contribution in [0.2, 0.25) is 0 Å². The summed E-state index contributed by atoms with van der Waals surface area (Å²) >= 11 is 0. The zero-order valence-electron chi connectivity index (χ0n) is 10.6. The van der Waals surface area contributed by atoms with E-state index in [-0.39, 0.29) is 6.54 Å². The molecule has 1 unspecified atom stereocenters. The van der Waals surface area contributed by atoms with Crippen LogP contribution < -0.4 is 10.1 Å². The van der Waals surface area contributed by atoms with Crippen LogP contribution >= 0.6 is 0 Å². The van der Waals surface area contributed by atoms with Gasteiger partial charge in [-0.15, -0.1) is 0 Å². The summed E-state index contributed by atoms with van der Waals surface area (Å²) in [5.74, 6) is -1.25. The third kappa shape index (κ3) is 4.97. The molecule has 0 aromatic heterocycles. The second-order valence-corrected chi connectivity index (χ2v) is 3.94. The van der Waals surface area contributed by atoms with Gasteiger partial charge in [-0.25, -0.2) is 4.79 Å². The summed E-state index contributed by atoms with van der Waals surface area (Å²) in [6.07, 6.45) is -0.746. The number of carboxylic acids is 1. The van der Waals surface area contributed by atoms with Crippen molar-refractivity contribution in [2.45, 2.75) is 19.4 Å². The number of amides is 1. The Balaban J connectivity index is 2.59. The van der Waals surface area contributed by atoms with Crippen LogP contribution in [0.15, 0.2) is 24.3 Å². The van der Waals surface area contributed by atoms with Crippen molar-refractivity contribution >= 4 is 11.9 Å². The van der Waals surface area contributed by atoms with Gasteiger partial charge in [0, 0.05) is 5.56 Å². The van der Waals surface area contributed by atoms with Crippen LogP contribution in [0.4, 0.5) is 0 Å². The Kier molecular flexibility index (Phi) is 5.81. The predicted molar refractivity (Wildman–Crippen MR) is 68.2 cm³/mol. The van der Waals surface area contributed by atoms with Crippen LogP contribution in [0.25, 0.3) is 0 Å². The minimum atomic E-state index is -1.61. The van der Waals surface area contributed by atoms with Crippen molar-refractivity contribution in [3.05, 3.63) is 29.8 Å². The number of benzene rings is 1. The molecule has 19 heavy (non-hydrogen) atoms. The molecule has 1 aromatic carbocycles. The van der Waals surface area contributed by atoms with Crippen molar-refractivity contribution in [2.24, 2.45) is 0 Å². The van der Waals surface area contributed by atoms with Crippen LogP contribution in [-0.4, -0.2) is 41.3 Å². The average molecular weight is 267 g/mol. The third-order valence-corrected chi connectivity index (χ3v) is 2.31. The van der Waals surface area contributed by atoms with Gasteiger partial charge in [0.05, 0.1) is 13.2 Å². The molecule has 104 valence electrons. The Morgan fingerprint density at radius 1 is 1.42 bits per heavy atom. The summed E-state index contributed by atoms with van der Waals surface area (Å²) < 4.78 is 5.39. The lowest BCUT2D eigenvalue weighted by Gasteiger charge is -2.09. The minimum Gasteiger partial charge on any atom is -0.494 e. The van der Waals surface area contributed by atoms with E-state index in [1.165, 1.54) is 0 Å². The lowest BCUT2D eigenvalue weighted by molar-refractivity contribution is -0.146. The van der Waals surface area contributed by atoms with Gasteiger partial charge in [0.15, 0.2) is 6.10 Å². The van der Waals surface area contributed by atoms with Gasteiger partial charge in [-0.05, 0) is 24.6 Å².